The Morgan fingerprint density at radius 3 is 1.79 bits per heavy atom. The van der Waals surface area contributed by atoms with Gasteiger partial charge in [0.05, 0.1) is 18.4 Å². The van der Waals surface area contributed by atoms with E-state index in [1.54, 1.807) is 0 Å². The molecular weight excluding hydrogens is 196 g/mol. The van der Waals surface area contributed by atoms with Gasteiger partial charge in [-0.25, -0.2) is 0 Å². The fourth-order valence-corrected chi connectivity index (χ4v) is 1.83. The van der Waals surface area contributed by atoms with Crippen molar-refractivity contribution < 1.29 is 0 Å². The largest absolute Gasteiger partial charge is 0.371 e. The summed E-state index contributed by atoms with van der Waals surface area (Å²) in [6.45, 7) is 13.5. The van der Waals surface area contributed by atoms with Gasteiger partial charge in [0, 0.05) is 0 Å². The van der Waals surface area contributed by atoms with Crippen molar-refractivity contribution in [2.75, 3.05) is 0 Å². The van der Waals surface area contributed by atoms with Crippen LogP contribution in [0.4, 0.5) is 0 Å². The Balaban J connectivity index is 0.00000169. The van der Waals surface area contributed by atoms with Crippen LogP contribution in [-0.4, -0.2) is 18.4 Å². The molecule has 0 bridgehead atoms. The topological polar surface area (TPSA) is 24.4 Å². The molecule has 3 heteroatoms. The summed E-state index contributed by atoms with van der Waals surface area (Å²) in [7, 11) is 0. The Morgan fingerprint density at radius 1 is 1.00 bits per heavy atom. The van der Waals surface area contributed by atoms with Crippen LogP contribution in [0, 0.1) is 10.8 Å². The summed E-state index contributed by atoms with van der Waals surface area (Å²) in [5.41, 5.74) is 0.520. The maximum absolute atomic E-state index is 4.52. The van der Waals surface area contributed by atoms with E-state index in [-0.39, 0.29) is 23.2 Å². The van der Waals surface area contributed by atoms with Gasteiger partial charge in [-0.15, -0.1) is 12.4 Å². The highest BCUT2D eigenvalue weighted by Gasteiger charge is 2.40. The van der Waals surface area contributed by atoms with Gasteiger partial charge in [0.15, 0.2) is 0 Å². The Labute approximate surface area is 94.0 Å². The van der Waals surface area contributed by atoms with Gasteiger partial charge in [0.2, 0.25) is 0 Å². The Kier molecular flexibility index (Phi) is 4.02. The summed E-state index contributed by atoms with van der Waals surface area (Å²) >= 11 is 0. The summed E-state index contributed by atoms with van der Waals surface area (Å²) in [4.78, 5) is 4.52. The molecule has 14 heavy (non-hydrogen) atoms. The fraction of sp³-hybridized carbons (Fsp3) is 0.909. The molecule has 1 aliphatic heterocycles. The van der Waals surface area contributed by atoms with E-state index in [2.05, 4.69) is 51.9 Å². The molecule has 1 rings (SSSR count). The first-order chi connectivity index (χ1) is 5.73. The van der Waals surface area contributed by atoms with Gasteiger partial charge in [0.1, 0.15) is 0 Å². The number of nitrogens with one attached hydrogen (secondary N) is 1. The highest BCUT2D eigenvalue weighted by molar-refractivity contribution is 5.85. The lowest BCUT2D eigenvalue weighted by molar-refractivity contribution is 0.192. The molecule has 1 aliphatic rings. The first kappa shape index (κ1) is 13.8. The highest BCUT2D eigenvalue weighted by Crippen LogP contribution is 2.34. The standard InChI is InChI=1S/C11H22N2.ClH/c1-10(2,3)8-9(11(4,5)6)13-7-12-8;/h7-9H,1-6H3,(H,12,13);1H. The van der Waals surface area contributed by atoms with E-state index in [0.29, 0.717) is 12.1 Å². The Morgan fingerprint density at radius 2 is 1.50 bits per heavy atom. The third kappa shape index (κ3) is 2.88. The molecule has 2 atom stereocenters. The second kappa shape index (κ2) is 4.09. The summed E-state index contributed by atoms with van der Waals surface area (Å²) in [6, 6.07) is 0.861. The van der Waals surface area contributed by atoms with Crippen LogP contribution in [-0.2, 0) is 0 Å². The average molecular weight is 219 g/mol. The molecule has 0 spiro atoms. The van der Waals surface area contributed by atoms with E-state index in [1.807, 2.05) is 6.34 Å². The van der Waals surface area contributed by atoms with E-state index in [9.17, 15) is 0 Å². The molecule has 0 amide bonds. The molecule has 0 radical (unpaired) electrons. The minimum Gasteiger partial charge on any atom is -0.371 e. The van der Waals surface area contributed by atoms with Gasteiger partial charge >= 0.3 is 0 Å². The molecule has 2 unspecified atom stereocenters. The van der Waals surface area contributed by atoms with Crippen LogP contribution >= 0.6 is 12.4 Å². The fourth-order valence-electron chi connectivity index (χ4n) is 1.83. The molecule has 0 aromatic heterocycles. The van der Waals surface area contributed by atoms with E-state index in [0.717, 1.165) is 0 Å². The van der Waals surface area contributed by atoms with Crippen LogP contribution in [0.3, 0.4) is 0 Å². The molecule has 0 aromatic carbocycles. The van der Waals surface area contributed by atoms with Crippen molar-refractivity contribution in [1.29, 1.82) is 0 Å². The third-order valence-corrected chi connectivity index (χ3v) is 2.63. The zero-order chi connectivity index (χ0) is 10.3. The average Bonchev–Trinajstić information content (AvgIpc) is 2.27. The lowest BCUT2D eigenvalue weighted by Gasteiger charge is -2.37. The van der Waals surface area contributed by atoms with Crippen molar-refractivity contribution >= 4 is 18.7 Å². The lowest BCUT2D eigenvalue weighted by atomic mass is 9.74. The van der Waals surface area contributed by atoms with E-state index >= 15 is 0 Å². The maximum atomic E-state index is 4.52. The zero-order valence-corrected chi connectivity index (χ0v) is 10.9. The molecule has 1 heterocycles. The molecule has 0 aromatic rings. The highest BCUT2D eigenvalue weighted by atomic mass is 35.5. The molecular formula is C11H23ClN2. The Hall–Kier alpha value is -0.240. The van der Waals surface area contributed by atoms with E-state index < -0.39 is 0 Å². The summed E-state index contributed by atoms with van der Waals surface area (Å²) in [6.07, 6.45) is 1.87. The quantitative estimate of drug-likeness (QED) is 0.665. The second-order valence-corrected chi connectivity index (χ2v) is 6.10. The third-order valence-electron chi connectivity index (χ3n) is 2.63. The van der Waals surface area contributed by atoms with Crippen molar-refractivity contribution in [1.82, 2.24) is 5.32 Å². The number of hydrogen-bond donors (Lipinski definition) is 1. The molecule has 0 fully saturated rings. The van der Waals surface area contributed by atoms with Crippen LogP contribution in [0.15, 0.2) is 4.99 Å². The first-order valence-corrected chi connectivity index (χ1v) is 5.00. The number of hydrogen-bond acceptors (Lipinski definition) is 2. The molecule has 0 saturated carbocycles. The van der Waals surface area contributed by atoms with Gasteiger partial charge in [-0.2, -0.15) is 0 Å². The van der Waals surface area contributed by atoms with Crippen LogP contribution in [0.2, 0.25) is 0 Å². The van der Waals surface area contributed by atoms with Gasteiger partial charge in [0.25, 0.3) is 0 Å². The minimum atomic E-state index is 0. The number of aliphatic imine (C=N–C) groups is 1. The molecule has 0 saturated heterocycles. The second-order valence-electron chi connectivity index (χ2n) is 6.10. The summed E-state index contributed by atoms with van der Waals surface area (Å²) in [5, 5.41) is 3.36. The van der Waals surface area contributed by atoms with E-state index in [1.165, 1.54) is 0 Å². The summed E-state index contributed by atoms with van der Waals surface area (Å²) in [5.74, 6) is 0. The van der Waals surface area contributed by atoms with Crippen molar-refractivity contribution in [2.24, 2.45) is 15.8 Å². The first-order valence-electron chi connectivity index (χ1n) is 5.00. The zero-order valence-electron chi connectivity index (χ0n) is 10.1. The van der Waals surface area contributed by atoms with Crippen LogP contribution in [0.1, 0.15) is 41.5 Å². The van der Waals surface area contributed by atoms with Gasteiger partial charge in [-0.1, -0.05) is 41.5 Å². The van der Waals surface area contributed by atoms with Crippen molar-refractivity contribution in [3.8, 4) is 0 Å². The summed E-state index contributed by atoms with van der Waals surface area (Å²) < 4.78 is 0. The van der Waals surface area contributed by atoms with E-state index in [4.69, 9.17) is 0 Å². The smallest absolute Gasteiger partial charge is 0.0831 e. The molecule has 1 N–H and O–H groups in total. The van der Waals surface area contributed by atoms with Gasteiger partial charge in [-0.3, -0.25) is 4.99 Å². The Bertz CT molecular complexity index is 210. The van der Waals surface area contributed by atoms with Crippen LogP contribution in [0.25, 0.3) is 0 Å². The lowest BCUT2D eigenvalue weighted by Crippen LogP contribution is -2.48. The molecule has 2 nitrogen and oxygen atoms in total. The maximum Gasteiger partial charge on any atom is 0.0831 e. The van der Waals surface area contributed by atoms with Gasteiger partial charge < -0.3 is 5.32 Å². The van der Waals surface area contributed by atoms with Crippen LogP contribution in [0.5, 0.6) is 0 Å². The predicted molar refractivity (Wildman–Crippen MR) is 65.4 cm³/mol. The minimum absolute atomic E-state index is 0. The number of nitrogens with zero attached hydrogens (tertiary/aromatic N) is 1. The van der Waals surface area contributed by atoms with Crippen molar-refractivity contribution in [3.05, 3.63) is 0 Å². The molecule has 0 aliphatic carbocycles. The monoisotopic (exact) mass is 218 g/mol. The van der Waals surface area contributed by atoms with Crippen molar-refractivity contribution in [2.45, 2.75) is 53.6 Å². The van der Waals surface area contributed by atoms with Crippen LogP contribution < -0.4 is 5.32 Å². The molecule has 84 valence electrons. The SMILES string of the molecule is CC(C)(C)C1N=CNC1C(C)(C)C.Cl. The van der Waals surface area contributed by atoms with Crippen molar-refractivity contribution in [3.63, 3.8) is 0 Å². The predicted octanol–water partition coefficient (Wildman–Crippen LogP) is 2.87. The number of halogens is 1. The van der Waals surface area contributed by atoms with Gasteiger partial charge in [-0.05, 0) is 10.8 Å². The number of rotatable bonds is 0. The normalized spacial score (nSPS) is 27.0.